The highest BCUT2D eigenvalue weighted by atomic mass is 16.3. The van der Waals surface area contributed by atoms with Crippen molar-refractivity contribution in [2.45, 2.75) is 64.4 Å². The Morgan fingerprint density at radius 1 is 1.16 bits per heavy atom. The number of hydrogen-bond acceptors (Lipinski definition) is 1. The largest absolute Gasteiger partial charge is 0.393 e. The molecule has 0 spiro atoms. The summed E-state index contributed by atoms with van der Waals surface area (Å²) in [6, 6.07) is 10.6. The quantitative estimate of drug-likeness (QED) is 0.809. The van der Waals surface area contributed by atoms with Gasteiger partial charge in [0.2, 0.25) is 0 Å². The first-order chi connectivity index (χ1) is 9.22. The molecule has 4 unspecified atom stereocenters. The fourth-order valence-corrected chi connectivity index (χ4v) is 3.70. The lowest BCUT2D eigenvalue weighted by Crippen LogP contribution is -2.31. The Morgan fingerprint density at radius 3 is 2.53 bits per heavy atom. The fourth-order valence-electron chi connectivity index (χ4n) is 3.70. The minimum atomic E-state index is -0.125. The Hall–Kier alpha value is -0.820. The maximum absolute atomic E-state index is 10.6. The van der Waals surface area contributed by atoms with Gasteiger partial charge in [-0.2, -0.15) is 0 Å². The zero-order chi connectivity index (χ0) is 13.7. The van der Waals surface area contributed by atoms with Crippen LogP contribution in [0.1, 0.15) is 63.9 Å². The summed E-state index contributed by atoms with van der Waals surface area (Å²) in [7, 11) is 0. The molecule has 0 radical (unpaired) electrons. The highest BCUT2D eigenvalue weighted by molar-refractivity contribution is 5.18. The minimum Gasteiger partial charge on any atom is -0.393 e. The molecule has 1 aliphatic carbocycles. The van der Waals surface area contributed by atoms with E-state index in [0.29, 0.717) is 11.8 Å². The van der Waals surface area contributed by atoms with Crippen LogP contribution >= 0.6 is 0 Å². The van der Waals surface area contributed by atoms with E-state index in [4.69, 9.17) is 0 Å². The first-order valence-electron chi connectivity index (χ1n) is 7.95. The summed E-state index contributed by atoms with van der Waals surface area (Å²) in [5.74, 6) is 1.73. The van der Waals surface area contributed by atoms with Crippen molar-refractivity contribution in [2.75, 3.05) is 0 Å². The first kappa shape index (κ1) is 14.6. The Labute approximate surface area is 118 Å². The van der Waals surface area contributed by atoms with Crippen molar-refractivity contribution in [3.05, 3.63) is 35.9 Å². The summed E-state index contributed by atoms with van der Waals surface area (Å²) >= 11 is 0. The normalized spacial score (nSPS) is 26.9. The molecule has 0 aliphatic heterocycles. The SMILES string of the molecule is CCC1CCCCC1C(O)CC(C)c1ccccc1. The van der Waals surface area contributed by atoms with Gasteiger partial charge in [-0.25, -0.2) is 0 Å². The van der Waals surface area contributed by atoms with Crippen molar-refractivity contribution < 1.29 is 5.11 Å². The maximum Gasteiger partial charge on any atom is 0.0576 e. The highest BCUT2D eigenvalue weighted by Crippen LogP contribution is 2.37. The van der Waals surface area contributed by atoms with Crippen LogP contribution in [-0.2, 0) is 0 Å². The van der Waals surface area contributed by atoms with Gasteiger partial charge >= 0.3 is 0 Å². The van der Waals surface area contributed by atoms with Gasteiger partial charge < -0.3 is 5.11 Å². The van der Waals surface area contributed by atoms with Crippen LogP contribution in [0, 0.1) is 11.8 Å². The van der Waals surface area contributed by atoms with E-state index >= 15 is 0 Å². The molecule has 0 heterocycles. The topological polar surface area (TPSA) is 20.2 Å². The van der Waals surface area contributed by atoms with Crippen molar-refractivity contribution in [2.24, 2.45) is 11.8 Å². The van der Waals surface area contributed by atoms with Crippen LogP contribution in [0.2, 0.25) is 0 Å². The van der Waals surface area contributed by atoms with Gasteiger partial charge in [0.05, 0.1) is 6.10 Å². The second kappa shape index (κ2) is 7.09. The first-order valence-corrected chi connectivity index (χ1v) is 7.95. The second-order valence-corrected chi connectivity index (χ2v) is 6.23. The molecule has 1 nitrogen and oxygen atoms in total. The smallest absolute Gasteiger partial charge is 0.0576 e. The standard InChI is InChI=1S/C18H28O/c1-3-15-9-7-8-12-17(15)18(19)13-14(2)16-10-5-4-6-11-16/h4-6,10-11,14-15,17-19H,3,7-9,12-13H2,1-2H3. The lowest BCUT2D eigenvalue weighted by molar-refractivity contribution is 0.0361. The number of aliphatic hydroxyl groups excluding tert-OH is 1. The van der Waals surface area contributed by atoms with E-state index in [1.165, 1.54) is 37.7 Å². The van der Waals surface area contributed by atoms with Crippen LogP contribution in [0.25, 0.3) is 0 Å². The van der Waals surface area contributed by atoms with Crippen molar-refractivity contribution >= 4 is 0 Å². The molecule has 0 saturated heterocycles. The summed E-state index contributed by atoms with van der Waals surface area (Å²) in [5, 5.41) is 10.6. The molecule has 4 atom stereocenters. The molecule has 1 aromatic rings. The molecule has 0 aromatic heterocycles. The number of rotatable bonds is 5. The van der Waals surface area contributed by atoms with Gasteiger partial charge in [-0.15, -0.1) is 0 Å². The van der Waals surface area contributed by atoms with Crippen molar-refractivity contribution in [1.82, 2.24) is 0 Å². The minimum absolute atomic E-state index is 0.125. The van der Waals surface area contributed by atoms with E-state index in [-0.39, 0.29) is 6.10 Å². The average Bonchev–Trinajstić information content (AvgIpc) is 2.48. The van der Waals surface area contributed by atoms with Crippen LogP contribution in [0.4, 0.5) is 0 Å². The lowest BCUT2D eigenvalue weighted by atomic mass is 9.73. The monoisotopic (exact) mass is 260 g/mol. The Balaban J connectivity index is 1.94. The Kier molecular flexibility index (Phi) is 5.45. The van der Waals surface area contributed by atoms with Crippen LogP contribution in [0.5, 0.6) is 0 Å². The van der Waals surface area contributed by atoms with Gasteiger partial charge in [0.15, 0.2) is 0 Å². The summed E-state index contributed by atoms with van der Waals surface area (Å²) in [6.07, 6.45) is 7.21. The van der Waals surface area contributed by atoms with Gasteiger partial charge in [0.25, 0.3) is 0 Å². The Bertz CT molecular complexity index is 359. The molecule has 19 heavy (non-hydrogen) atoms. The highest BCUT2D eigenvalue weighted by Gasteiger charge is 2.30. The summed E-state index contributed by atoms with van der Waals surface area (Å²) < 4.78 is 0. The zero-order valence-corrected chi connectivity index (χ0v) is 12.4. The number of aliphatic hydroxyl groups is 1. The van der Waals surface area contributed by atoms with Crippen LogP contribution in [-0.4, -0.2) is 11.2 Å². The molecule has 1 aliphatic rings. The van der Waals surface area contributed by atoms with Gasteiger partial charge in [-0.3, -0.25) is 0 Å². The molecular formula is C18H28O. The van der Waals surface area contributed by atoms with Crippen LogP contribution < -0.4 is 0 Å². The van der Waals surface area contributed by atoms with E-state index in [9.17, 15) is 5.11 Å². The molecular weight excluding hydrogens is 232 g/mol. The molecule has 1 N–H and O–H groups in total. The van der Waals surface area contributed by atoms with E-state index in [1.807, 2.05) is 0 Å². The van der Waals surface area contributed by atoms with Gasteiger partial charge in [-0.05, 0) is 36.2 Å². The van der Waals surface area contributed by atoms with Crippen LogP contribution in [0.15, 0.2) is 30.3 Å². The molecule has 0 amide bonds. The molecule has 1 aromatic carbocycles. The average molecular weight is 260 g/mol. The second-order valence-electron chi connectivity index (χ2n) is 6.23. The third-order valence-electron chi connectivity index (χ3n) is 4.95. The molecule has 2 rings (SSSR count). The zero-order valence-electron chi connectivity index (χ0n) is 12.4. The predicted octanol–water partition coefficient (Wildman–Crippen LogP) is 4.76. The third-order valence-corrected chi connectivity index (χ3v) is 4.95. The molecule has 1 fully saturated rings. The third kappa shape index (κ3) is 3.82. The fraction of sp³-hybridized carbons (Fsp3) is 0.667. The molecule has 106 valence electrons. The molecule has 0 bridgehead atoms. The lowest BCUT2D eigenvalue weighted by Gasteiger charge is -2.35. The van der Waals surface area contributed by atoms with Crippen molar-refractivity contribution in [1.29, 1.82) is 0 Å². The molecule has 1 saturated carbocycles. The van der Waals surface area contributed by atoms with E-state index < -0.39 is 0 Å². The number of hydrogen-bond donors (Lipinski definition) is 1. The summed E-state index contributed by atoms with van der Waals surface area (Å²) in [4.78, 5) is 0. The maximum atomic E-state index is 10.6. The van der Waals surface area contributed by atoms with Gasteiger partial charge in [0, 0.05) is 0 Å². The van der Waals surface area contributed by atoms with Crippen molar-refractivity contribution in [3.8, 4) is 0 Å². The van der Waals surface area contributed by atoms with E-state index in [1.54, 1.807) is 0 Å². The summed E-state index contributed by atoms with van der Waals surface area (Å²) in [5.41, 5.74) is 1.35. The number of benzene rings is 1. The van der Waals surface area contributed by atoms with Gasteiger partial charge in [0.1, 0.15) is 0 Å². The van der Waals surface area contributed by atoms with E-state index in [2.05, 4.69) is 44.2 Å². The van der Waals surface area contributed by atoms with Gasteiger partial charge in [-0.1, -0.05) is 69.9 Å². The predicted molar refractivity (Wildman–Crippen MR) is 81.2 cm³/mol. The van der Waals surface area contributed by atoms with Crippen molar-refractivity contribution in [3.63, 3.8) is 0 Å². The van der Waals surface area contributed by atoms with Crippen LogP contribution in [0.3, 0.4) is 0 Å². The Morgan fingerprint density at radius 2 is 1.84 bits per heavy atom. The summed E-state index contributed by atoms with van der Waals surface area (Å²) in [6.45, 7) is 4.51. The molecule has 1 heteroatoms. The van der Waals surface area contributed by atoms with E-state index in [0.717, 1.165) is 12.3 Å².